The van der Waals surface area contributed by atoms with Gasteiger partial charge in [-0.3, -0.25) is 0 Å². The number of aryl methyl sites for hydroxylation is 1. The number of carbonyl (C=O) groups excluding carboxylic acids is 1. The lowest BCUT2D eigenvalue weighted by atomic mass is 10.1. The Morgan fingerprint density at radius 1 is 1.50 bits per heavy atom. The van der Waals surface area contributed by atoms with E-state index in [1.807, 2.05) is 31.4 Å². The van der Waals surface area contributed by atoms with Crippen LogP contribution >= 0.6 is 11.3 Å². The summed E-state index contributed by atoms with van der Waals surface area (Å²) in [7, 11) is 1.80. The molecule has 2 aromatic rings. The molecular weight excluding hydrogens is 322 g/mol. The monoisotopic (exact) mass is 345 g/mol. The van der Waals surface area contributed by atoms with Crippen molar-refractivity contribution in [3.05, 3.63) is 45.4 Å². The van der Waals surface area contributed by atoms with Gasteiger partial charge in [0.05, 0.1) is 19.2 Å². The number of hydrogen-bond acceptors (Lipinski definition) is 4. The fourth-order valence-electron chi connectivity index (χ4n) is 3.07. The van der Waals surface area contributed by atoms with E-state index >= 15 is 0 Å². The molecule has 1 atom stereocenters. The van der Waals surface area contributed by atoms with Crippen LogP contribution in [0.25, 0.3) is 0 Å². The number of carbonyl (C=O) groups is 1. The summed E-state index contributed by atoms with van der Waals surface area (Å²) in [5, 5.41) is 6.10. The highest BCUT2D eigenvalue weighted by Gasteiger charge is 2.27. The smallest absolute Gasteiger partial charge is 0.318 e. The number of amides is 2. The molecule has 0 bridgehead atoms. The third-order valence-electron chi connectivity index (χ3n) is 4.21. The van der Waals surface area contributed by atoms with E-state index in [4.69, 9.17) is 4.74 Å². The van der Waals surface area contributed by atoms with Crippen LogP contribution in [0.3, 0.4) is 0 Å². The van der Waals surface area contributed by atoms with E-state index in [2.05, 4.69) is 16.4 Å². The number of fused-ring (bicyclic) bond motifs is 1. The second-order valence-electron chi connectivity index (χ2n) is 6.04. The van der Waals surface area contributed by atoms with Crippen LogP contribution in [0.2, 0.25) is 0 Å². The molecule has 0 saturated carbocycles. The van der Waals surface area contributed by atoms with Gasteiger partial charge in [0.15, 0.2) is 0 Å². The van der Waals surface area contributed by atoms with Gasteiger partial charge in [0.1, 0.15) is 10.8 Å². The van der Waals surface area contributed by atoms with Crippen molar-refractivity contribution in [3.63, 3.8) is 0 Å². The molecule has 0 saturated heterocycles. The van der Waals surface area contributed by atoms with Crippen LogP contribution in [0.1, 0.15) is 41.2 Å². The zero-order valence-electron chi connectivity index (χ0n) is 14.3. The Labute approximate surface area is 146 Å². The Hall–Kier alpha value is -2.08. The number of urea groups is 1. The minimum atomic E-state index is -0.0671. The van der Waals surface area contributed by atoms with Gasteiger partial charge in [-0.2, -0.15) is 0 Å². The SMILES string of the molecule is CCOc1cccc2c1CCC2NC(=O)N(C)Cc1nc(C)cs1. The number of hydrogen-bond donors (Lipinski definition) is 1. The van der Waals surface area contributed by atoms with Gasteiger partial charge in [-0.15, -0.1) is 11.3 Å². The van der Waals surface area contributed by atoms with Crippen molar-refractivity contribution in [2.24, 2.45) is 0 Å². The van der Waals surface area contributed by atoms with E-state index < -0.39 is 0 Å². The molecule has 1 aromatic heterocycles. The molecule has 1 N–H and O–H groups in total. The summed E-state index contributed by atoms with van der Waals surface area (Å²) in [6, 6.07) is 6.07. The summed E-state index contributed by atoms with van der Waals surface area (Å²) < 4.78 is 5.70. The topological polar surface area (TPSA) is 54.5 Å². The van der Waals surface area contributed by atoms with Gasteiger partial charge in [0, 0.05) is 18.1 Å². The highest BCUT2D eigenvalue weighted by atomic mass is 32.1. The van der Waals surface area contributed by atoms with E-state index in [0.717, 1.165) is 29.3 Å². The number of rotatable bonds is 5. The molecule has 3 rings (SSSR count). The van der Waals surface area contributed by atoms with Crippen molar-refractivity contribution >= 4 is 17.4 Å². The van der Waals surface area contributed by atoms with Crippen molar-refractivity contribution in [2.45, 2.75) is 39.3 Å². The third-order valence-corrected chi connectivity index (χ3v) is 5.16. The molecule has 0 aliphatic heterocycles. The molecule has 0 radical (unpaired) electrons. The average Bonchev–Trinajstić information content (AvgIpc) is 3.15. The first-order valence-electron chi connectivity index (χ1n) is 8.25. The molecule has 5 nitrogen and oxygen atoms in total. The van der Waals surface area contributed by atoms with Crippen molar-refractivity contribution in [1.82, 2.24) is 15.2 Å². The highest BCUT2D eigenvalue weighted by molar-refractivity contribution is 7.09. The molecule has 0 spiro atoms. The first-order chi connectivity index (χ1) is 11.6. The quantitative estimate of drug-likeness (QED) is 0.899. The molecule has 1 aliphatic rings. The predicted octanol–water partition coefficient (Wildman–Crippen LogP) is 3.68. The lowest BCUT2D eigenvalue weighted by Gasteiger charge is -2.21. The van der Waals surface area contributed by atoms with Gasteiger partial charge in [0.25, 0.3) is 0 Å². The van der Waals surface area contributed by atoms with Crippen molar-refractivity contribution in [2.75, 3.05) is 13.7 Å². The van der Waals surface area contributed by atoms with Crippen LogP contribution in [0, 0.1) is 6.92 Å². The molecule has 2 amide bonds. The number of benzene rings is 1. The third kappa shape index (κ3) is 3.53. The van der Waals surface area contributed by atoms with E-state index in [0.29, 0.717) is 13.2 Å². The highest BCUT2D eigenvalue weighted by Crippen LogP contribution is 2.37. The average molecular weight is 345 g/mol. The predicted molar refractivity (Wildman–Crippen MR) is 95.5 cm³/mol. The fraction of sp³-hybridized carbons (Fsp3) is 0.444. The van der Waals surface area contributed by atoms with Crippen LogP contribution in [0.5, 0.6) is 5.75 Å². The summed E-state index contributed by atoms with van der Waals surface area (Å²) in [4.78, 5) is 18.6. The van der Waals surface area contributed by atoms with Crippen LogP contribution in [-0.4, -0.2) is 29.6 Å². The van der Waals surface area contributed by atoms with Gasteiger partial charge < -0.3 is 15.0 Å². The first kappa shape index (κ1) is 16.8. The fourth-order valence-corrected chi connectivity index (χ4v) is 3.89. The molecule has 24 heavy (non-hydrogen) atoms. The second kappa shape index (κ2) is 7.21. The van der Waals surface area contributed by atoms with Crippen molar-refractivity contribution < 1.29 is 9.53 Å². The van der Waals surface area contributed by atoms with Gasteiger partial charge >= 0.3 is 6.03 Å². The Kier molecular flexibility index (Phi) is 5.04. The largest absolute Gasteiger partial charge is 0.494 e. The zero-order chi connectivity index (χ0) is 17.1. The second-order valence-corrected chi connectivity index (χ2v) is 6.98. The summed E-state index contributed by atoms with van der Waals surface area (Å²) in [6.07, 6.45) is 1.85. The van der Waals surface area contributed by atoms with Crippen LogP contribution in [-0.2, 0) is 13.0 Å². The van der Waals surface area contributed by atoms with E-state index in [-0.39, 0.29) is 12.1 Å². The molecule has 1 aliphatic carbocycles. The summed E-state index contributed by atoms with van der Waals surface area (Å²) in [5.41, 5.74) is 3.40. The summed E-state index contributed by atoms with van der Waals surface area (Å²) in [6.45, 7) is 5.14. The first-order valence-corrected chi connectivity index (χ1v) is 9.13. The maximum Gasteiger partial charge on any atom is 0.318 e. The van der Waals surface area contributed by atoms with E-state index in [9.17, 15) is 4.79 Å². The minimum Gasteiger partial charge on any atom is -0.494 e. The molecule has 1 aromatic carbocycles. The summed E-state index contributed by atoms with van der Waals surface area (Å²) >= 11 is 1.58. The Balaban J connectivity index is 1.65. The van der Waals surface area contributed by atoms with Crippen molar-refractivity contribution in [1.29, 1.82) is 0 Å². The molecule has 1 unspecified atom stereocenters. The molecular formula is C18H23N3O2S. The van der Waals surface area contributed by atoms with Gasteiger partial charge in [0.2, 0.25) is 0 Å². The number of thiazole rings is 1. The van der Waals surface area contributed by atoms with Gasteiger partial charge in [-0.25, -0.2) is 9.78 Å². The van der Waals surface area contributed by atoms with Crippen LogP contribution < -0.4 is 10.1 Å². The minimum absolute atomic E-state index is 0.0494. The molecule has 1 heterocycles. The molecule has 6 heteroatoms. The lowest BCUT2D eigenvalue weighted by molar-refractivity contribution is 0.202. The standard InChI is InChI=1S/C18H23N3O2S/c1-4-23-16-7-5-6-13-14(16)8-9-15(13)20-18(22)21(3)10-17-19-12(2)11-24-17/h5-7,11,15H,4,8-10H2,1-3H3,(H,20,22). The van der Waals surface area contributed by atoms with E-state index in [1.165, 1.54) is 11.1 Å². The van der Waals surface area contributed by atoms with Gasteiger partial charge in [-0.1, -0.05) is 12.1 Å². The number of ether oxygens (including phenoxy) is 1. The van der Waals surface area contributed by atoms with E-state index in [1.54, 1.807) is 23.3 Å². The van der Waals surface area contributed by atoms with Crippen LogP contribution in [0.4, 0.5) is 4.79 Å². The Morgan fingerprint density at radius 2 is 2.33 bits per heavy atom. The lowest BCUT2D eigenvalue weighted by Crippen LogP contribution is -2.38. The summed E-state index contributed by atoms with van der Waals surface area (Å²) in [5.74, 6) is 0.943. The Bertz CT molecular complexity index is 729. The zero-order valence-corrected chi connectivity index (χ0v) is 15.2. The van der Waals surface area contributed by atoms with Crippen LogP contribution in [0.15, 0.2) is 23.6 Å². The number of nitrogens with one attached hydrogen (secondary N) is 1. The molecule has 128 valence electrons. The Morgan fingerprint density at radius 3 is 3.04 bits per heavy atom. The molecule has 0 fully saturated rings. The van der Waals surface area contributed by atoms with Gasteiger partial charge in [-0.05, 0) is 43.9 Å². The maximum atomic E-state index is 12.5. The maximum absolute atomic E-state index is 12.5. The normalized spacial score (nSPS) is 15.9. The number of aromatic nitrogens is 1. The number of nitrogens with zero attached hydrogens (tertiary/aromatic N) is 2. The van der Waals surface area contributed by atoms with Crippen molar-refractivity contribution in [3.8, 4) is 5.75 Å².